The van der Waals surface area contributed by atoms with E-state index in [1.807, 2.05) is 0 Å². The third-order valence-electron chi connectivity index (χ3n) is 1.68. The van der Waals surface area contributed by atoms with E-state index in [0.29, 0.717) is 0 Å². The van der Waals surface area contributed by atoms with E-state index >= 15 is 0 Å². The standard InChI is InChI=1S/C9H9Cl2N3O/c1-3-5(2)12-9(15)6-4-7(10)13-14-8(6)11/h3-5H,1H2,2H3,(H,12,15). The molecule has 1 amide bonds. The highest BCUT2D eigenvalue weighted by Crippen LogP contribution is 2.15. The van der Waals surface area contributed by atoms with Crippen LogP contribution in [-0.2, 0) is 0 Å². The zero-order valence-corrected chi connectivity index (χ0v) is 9.51. The van der Waals surface area contributed by atoms with Gasteiger partial charge in [0, 0.05) is 6.04 Å². The van der Waals surface area contributed by atoms with E-state index in [9.17, 15) is 4.79 Å². The van der Waals surface area contributed by atoms with Gasteiger partial charge in [0.25, 0.3) is 5.91 Å². The van der Waals surface area contributed by atoms with Crippen LogP contribution >= 0.6 is 23.2 Å². The van der Waals surface area contributed by atoms with Gasteiger partial charge in [-0.05, 0) is 13.0 Å². The molecule has 0 spiro atoms. The van der Waals surface area contributed by atoms with Crippen molar-refractivity contribution in [3.63, 3.8) is 0 Å². The maximum atomic E-state index is 11.6. The number of carbonyl (C=O) groups is 1. The molecule has 1 unspecified atom stereocenters. The highest BCUT2D eigenvalue weighted by molar-refractivity contribution is 6.34. The first-order valence-corrected chi connectivity index (χ1v) is 4.92. The zero-order valence-electron chi connectivity index (χ0n) is 8.00. The molecule has 1 aromatic heterocycles. The normalized spacial score (nSPS) is 11.9. The number of halogens is 2. The van der Waals surface area contributed by atoms with Crippen LogP contribution in [0.25, 0.3) is 0 Å². The van der Waals surface area contributed by atoms with Crippen molar-refractivity contribution in [1.82, 2.24) is 15.5 Å². The highest BCUT2D eigenvalue weighted by Gasteiger charge is 2.13. The predicted molar refractivity (Wildman–Crippen MR) is 59.2 cm³/mol. The van der Waals surface area contributed by atoms with Crippen LogP contribution in [0.3, 0.4) is 0 Å². The number of hydrogen-bond acceptors (Lipinski definition) is 3. The fourth-order valence-corrected chi connectivity index (χ4v) is 1.18. The zero-order chi connectivity index (χ0) is 11.4. The second-order valence-corrected chi connectivity index (χ2v) is 3.61. The fourth-order valence-electron chi connectivity index (χ4n) is 0.856. The molecule has 0 fully saturated rings. The van der Waals surface area contributed by atoms with E-state index in [4.69, 9.17) is 23.2 Å². The van der Waals surface area contributed by atoms with Crippen molar-refractivity contribution in [2.24, 2.45) is 0 Å². The van der Waals surface area contributed by atoms with Crippen molar-refractivity contribution in [2.75, 3.05) is 0 Å². The smallest absolute Gasteiger partial charge is 0.255 e. The summed E-state index contributed by atoms with van der Waals surface area (Å²) in [6.45, 7) is 5.33. The SMILES string of the molecule is C=CC(C)NC(=O)c1cc(Cl)nnc1Cl. The molecule has 0 radical (unpaired) electrons. The summed E-state index contributed by atoms with van der Waals surface area (Å²) in [5, 5.41) is 9.82. The largest absolute Gasteiger partial charge is 0.346 e. The van der Waals surface area contributed by atoms with Gasteiger partial charge in [0.05, 0.1) is 5.56 Å². The van der Waals surface area contributed by atoms with Crippen molar-refractivity contribution in [2.45, 2.75) is 13.0 Å². The van der Waals surface area contributed by atoms with E-state index in [-0.39, 0.29) is 27.8 Å². The van der Waals surface area contributed by atoms with Crippen molar-refractivity contribution in [3.05, 3.63) is 34.6 Å². The molecule has 0 saturated heterocycles. The van der Waals surface area contributed by atoms with E-state index in [1.165, 1.54) is 6.07 Å². The van der Waals surface area contributed by atoms with E-state index < -0.39 is 0 Å². The molecule has 1 aromatic rings. The molecule has 15 heavy (non-hydrogen) atoms. The van der Waals surface area contributed by atoms with Crippen LogP contribution < -0.4 is 5.32 Å². The number of hydrogen-bond donors (Lipinski definition) is 1. The molecular weight excluding hydrogens is 237 g/mol. The predicted octanol–water partition coefficient (Wildman–Crippen LogP) is 2.09. The third kappa shape index (κ3) is 3.18. The van der Waals surface area contributed by atoms with Crippen molar-refractivity contribution in [1.29, 1.82) is 0 Å². The Balaban J connectivity index is 2.90. The molecule has 1 rings (SSSR count). The summed E-state index contributed by atoms with van der Waals surface area (Å²) < 4.78 is 0. The number of aromatic nitrogens is 2. The maximum Gasteiger partial charge on any atom is 0.255 e. The van der Waals surface area contributed by atoms with Crippen LogP contribution in [0.1, 0.15) is 17.3 Å². The summed E-state index contributed by atoms with van der Waals surface area (Å²) in [4.78, 5) is 11.6. The minimum Gasteiger partial charge on any atom is -0.346 e. The number of carbonyl (C=O) groups excluding carboxylic acids is 1. The first-order chi connectivity index (χ1) is 7.04. The number of nitrogens with zero attached hydrogens (tertiary/aromatic N) is 2. The van der Waals surface area contributed by atoms with Crippen LogP contribution in [0, 0.1) is 0 Å². The second kappa shape index (κ2) is 5.09. The quantitative estimate of drug-likeness (QED) is 0.830. The van der Waals surface area contributed by atoms with Crippen LogP contribution in [0.15, 0.2) is 18.7 Å². The Morgan fingerprint density at radius 2 is 2.27 bits per heavy atom. The Bertz CT molecular complexity index is 395. The number of nitrogens with one attached hydrogen (secondary N) is 1. The van der Waals surface area contributed by atoms with Crippen molar-refractivity contribution < 1.29 is 4.79 Å². The van der Waals surface area contributed by atoms with E-state index in [0.717, 1.165) is 0 Å². The lowest BCUT2D eigenvalue weighted by Gasteiger charge is -2.09. The van der Waals surface area contributed by atoms with Crippen molar-refractivity contribution in [3.8, 4) is 0 Å². The summed E-state index contributed by atoms with van der Waals surface area (Å²) in [7, 11) is 0. The lowest BCUT2D eigenvalue weighted by Crippen LogP contribution is -2.31. The summed E-state index contributed by atoms with van der Waals surface area (Å²) in [6.07, 6.45) is 1.60. The number of amides is 1. The fraction of sp³-hybridized carbons (Fsp3) is 0.222. The molecule has 4 nitrogen and oxygen atoms in total. The van der Waals surface area contributed by atoms with E-state index in [1.54, 1.807) is 13.0 Å². The van der Waals surface area contributed by atoms with Gasteiger partial charge >= 0.3 is 0 Å². The third-order valence-corrected chi connectivity index (χ3v) is 2.14. The molecule has 1 heterocycles. The maximum absolute atomic E-state index is 11.6. The molecule has 0 aromatic carbocycles. The lowest BCUT2D eigenvalue weighted by molar-refractivity contribution is 0.0946. The molecule has 0 aliphatic carbocycles. The van der Waals surface area contributed by atoms with Crippen LogP contribution in [0.2, 0.25) is 10.3 Å². The van der Waals surface area contributed by atoms with E-state index in [2.05, 4.69) is 22.1 Å². The van der Waals surface area contributed by atoms with Crippen LogP contribution in [0.4, 0.5) is 0 Å². The molecular formula is C9H9Cl2N3O. The summed E-state index contributed by atoms with van der Waals surface area (Å²) >= 11 is 11.3. The first kappa shape index (κ1) is 11.9. The highest BCUT2D eigenvalue weighted by atomic mass is 35.5. The van der Waals surface area contributed by atoms with Gasteiger partial charge < -0.3 is 5.32 Å². The van der Waals surface area contributed by atoms with Gasteiger partial charge in [0.15, 0.2) is 10.3 Å². The average molecular weight is 246 g/mol. The Hall–Kier alpha value is -1.13. The molecule has 0 aliphatic heterocycles. The van der Waals surface area contributed by atoms with Gasteiger partial charge in [0.1, 0.15) is 0 Å². The monoisotopic (exact) mass is 245 g/mol. The minimum absolute atomic E-state index is 0.0214. The van der Waals surface area contributed by atoms with Gasteiger partial charge in [-0.15, -0.1) is 16.8 Å². The second-order valence-electron chi connectivity index (χ2n) is 2.87. The Labute approximate surface area is 97.3 Å². The summed E-state index contributed by atoms with van der Waals surface area (Å²) in [6, 6.07) is 1.21. The first-order valence-electron chi connectivity index (χ1n) is 4.16. The van der Waals surface area contributed by atoms with Gasteiger partial charge in [0.2, 0.25) is 0 Å². The van der Waals surface area contributed by atoms with Crippen molar-refractivity contribution >= 4 is 29.1 Å². The van der Waals surface area contributed by atoms with Gasteiger partial charge in [-0.2, -0.15) is 0 Å². The van der Waals surface area contributed by atoms with Gasteiger partial charge in [-0.25, -0.2) is 0 Å². The molecule has 6 heteroatoms. The molecule has 1 atom stereocenters. The topological polar surface area (TPSA) is 54.9 Å². The average Bonchev–Trinajstić information content (AvgIpc) is 2.21. The molecule has 0 bridgehead atoms. The molecule has 1 N–H and O–H groups in total. The minimum atomic E-state index is -0.357. The van der Waals surface area contributed by atoms with Gasteiger partial charge in [-0.1, -0.05) is 29.3 Å². The molecule has 0 saturated carbocycles. The summed E-state index contributed by atoms with van der Waals surface area (Å²) in [5.74, 6) is -0.357. The van der Waals surface area contributed by atoms with Crippen LogP contribution in [-0.4, -0.2) is 22.1 Å². The number of rotatable bonds is 3. The summed E-state index contributed by atoms with van der Waals surface area (Å²) in [5.41, 5.74) is 0.199. The molecule has 80 valence electrons. The van der Waals surface area contributed by atoms with Gasteiger partial charge in [-0.3, -0.25) is 4.79 Å². The Kier molecular flexibility index (Phi) is 4.05. The Morgan fingerprint density at radius 1 is 1.60 bits per heavy atom. The Morgan fingerprint density at radius 3 is 2.87 bits per heavy atom. The lowest BCUT2D eigenvalue weighted by atomic mass is 10.2. The molecule has 0 aliphatic rings. The van der Waals surface area contributed by atoms with Crippen LogP contribution in [0.5, 0.6) is 0 Å².